The SMILES string of the molecule is CCC(CCN)CNC(=O)C1CCCCCC1. The first-order valence-electron chi connectivity index (χ1n) is 7.25. The smallest absolute Gasteiger partial charge is 0.223 e. The van der Waals surface area contributed by atoms with Crippen LogP contribution in [-0.2, 0) is 4.79 Å². The van der Waals surface area contributed by atoms with Crippen molar-refractivity contribution in [3.05, 3.63) is 0 Å². The van der Waals surface area contributed by atoms with Gasteiger partial charge in [0.15, 0.2) is 0 Å². The molecule has 1 aliphatic carbocycles. The molecule has 0 aromatic heterocycles. The van der Waals surface area contributed by atoms with Crippen LogP contribution in [-0.4, -0.2) is 19.0 Å². The molecule has 1 fully saturated rings. The second-order valence-corrected chi connectivity index (χ2v) is 5.29. The van der Waals surface area contributed by atoms with Crippen LogP contribution < -0.4 is 11.1 Å². The average molecular weight is 240 g/mol. The van der Waals surface area contributed by atoms with E-state index in [1.807, 2.05) is 0 Å². The minimum Gasteiger partial charge on any atom is -0.356 e. The van der Waals surface area contributed by atoms with E-state index in [2.05, 4.69) is 12.2 Å². The second-order valence-electron chi connectivity index (χ2n) is 5.29. The molecular formula is C14H28N2O. The summed E-state index contributed by atoms with van der Waals surface area (Å²) in [6.07, 6.45) is 9.32. The minimum atomic E-state index is 0.271. The predicted molar refractivity (Wildman–Crippen MR) is 71.7 cm³/mol. The highest BCUT2D eigenvalue weighted by atomic mass is 16.1. The quantitative estimate of drug-likeness (QED) is 0.701. The summed E-state index contributed by atoms with van der Waals surface area (Å²) >= 11 is 0. The summed E-state index contributed by atoms with van der Waals surface area (Å²) in [5.74, 6) is 1.10. The lowest BCUT2D eigenvalue weighted by molar-refractivity contribution is -0.125. The molecule has 1 aliphatic rings. The van der Waals surface area contributed by atoms with E-state index in [1.54, 1.807) is 0 Å². The molecule has 3 heteroatoms. The number of rotatable bonds is 6. The first-order valence-corrected chi connectivity index (χ1v) is 7.25. The number of nitrogens with two attached hydrogens (primary N) is 1. The van der Waals surface area contributed by atoms with Crippen molar-refractivity contribution in [1.29, 1.82) is 0 Å². The average Bonchev–Trinajstić information content (AvgIpc) is 2.62. The molecule has 17 heavy (non-hydrogen) atoms. The molecule has 1 atom stereocenters. The number of amides is 1. The zero-order chi connectivity index (χ0) is 12.5. The molecule has 0 aromatic carbocycles. The van der Waals surface area contributed by atoms with Crippen LogP contribution in [0.2, 0.25) is 0 Å². The fraction of sp³-hybridized carbons (Fsp3) is 0.929. The zero-order valence-corrected chi connectivity index (χ0v) is 11.2. The van der Waals surface area contributed by atoms with Crippen LogP contribution in [0.5, 0.6) is 0 Å². The highest BCUT2D eigenvalue weighted by Gasteiger charge is 2.20. The maximum atomic E-state index is 12.0. The van der Waals surface area contributed by atoms with Crippen LogP contribution in [0.1, 0.15) is 58.3 Å². The van der Waals surface area contributed by atoms with E-state index in [0.29, 0.717) is 5.92 Å². The van der Waals surface area contributed by atoms with E-state index in [0.717, 1.165) is 38.8 Å². The third-order valence-corrected chi connectivity index (χ3v) is 3.94. The van der Waals surface area contributed by atoms with Crippen LogP contribution in [0.15, 0.2) is 0 Å². The van der Waals surface area contributed by atoms with Gasteiger partial charge in [0.25, 0.3) is 0 Å². The van der Waals surface area contributed by atoms with E-state index < -0.39 is 0 Å². The molecule has 0 aliphatic heterocycles. The van der Waals surface area contributed by atoms with Gasteiger partial charge in [0, 0.05) is 12.5 Å². The first-order chi connectivity index (χ1) is 8.27. The number of nitrogens with one attached hydrogen (secondary N) is 1. The van der Waals surface area contributed by atoms with Gasteiger partial charge in [-0.25, -0.2) is 0 Å². The van der Waals surface area contributed by atoms with Gasteiger partial charge in [-0.05, 0) is 31.7 Å². The predicted octanol–water partition coefficient (Wildman–Crippen LogP) is 2.45. The van der Waals surface area contributed by atoms with Crippen molar-refractivity contribution in [2.45, 2.75) is 58.3 Å². The maximum absolute atomic E-state index is 12.0. The van der Waals surface area contributed by atoms with Crippen molar-refractivity contribution in [2.24, 2.45) is 17.6 Å². The molecular weight excluding hydrogens is 212 g/mol. The summed E-state index contributed by atoms with van der Waals surface area (Å²) in [5, 5.41) is 3.12. The fourth-order valence-corrected chi connectivity index (χ4v) is 2.62. The lowest BCUT2D eigenvalue weighted by Crippen LogP contribution is -2.34. The lowest BCUT2D eigenvalue weighted by atomic mass is 9.98. The lowest BCUT2D eigenvalue weighted by Gasteiger charge is -2.18. The molecule has 3 N–H and O–H groups in total. The van der Waals surface area contributed by atoms with E-state index in [4.69, 9.17) is 5.73 Å². The van der Waals surface area contributed by atoms with E-state index in [1.165, 1.54) is 25.7 Å². The van der Waals surface area contributed by atoms with Gasteiger partial charge in [0.05, 0.1) is 0 Å². The number of carbonyl (C=O) groups excluding carboxylic acids is 1. The summed E-state index contributed by atoms with van der Waals surface area (Å²) in [5.41, 5.74) is 5.56. The second kappa shape index (κ2) is 8.51. The van der Waals surface area contributed by atoms with Crippen LogP contribution in [0.4, 0.5) is 0 Å². The van der Waals surface area contributed by atoms with Gasteiger partial charge in [-0.2, -0.15) is 0 Å². The monoisotopic (exact) mass is 240 g/mol. The van der Waals surface area contributed by atoms with Gasteiger partial charge in [0.1, 0.15) is 0 Å². The van der Waals surface area contributed by atoms with Crippen LogP contribution in [0.3, 0.4) is 0 Å². The Bertz CT molecular complexity index is 210. The molecule has 0 aromatic rings. The van der Waals surface area contributed by atoms with Crippen molar-refractivity contribution in [3.8, 4) is 0 Å². The highest BCUT2D eigenvalue weighted by molar-refractivity contribution is 5.78. The topological polar surface area (TPSA) is 55.1 Å². The van der Waals surface area contributed by atoms with Crippen molar-refractivity contribution in [2.75, 3.05) is 13.1 Å². The molecule has 0 saturated heterocycles. The molecule has 1 amide bonds. The molecule has 0 spiro atoms. The Hall–Kier alpha value is -0.570. The van der Waals surface area contributed by atoms with Crippen molar-refractivity contribution >= 4 is 5.91 Å². The van der Waals surface area contributed by atoms with Crippen LogP contribution >= 0.6 is 0 Å². The molecule has 100 valence electrons. The van der Waals surface area contributed by atoms with Crippen LogP contribution in [0, 0.1) is 11.8 Å². The highest BCUT2D eigenvalue weighted by Crippen LogP contribution is 2.22. The third kappa shape index (κ3) is 5.53. The number of hydrogen-bond donors (Lipinski definition) is 2. The molecule has 1 unspecified atom stereocenters. The van der Waals surface area contributed by atoms with Gasteiger partial charge in [-0.3, -0.25) is 4.79 Å². The van der Waals surface area contributed by atoms with E-state index in [-0.39, 0.29) is 11.8 Å². The fourth-order valence-electron chi connectivity index (χ4n) is 2.62. The molecule has 1 rings (SSSR count). The van der Waals surface area contributed by atoms with E-state index >= 15 is 0 Å². The number of carbonyl (C=O) groups is 1. The Balaban J connectivity index is 2.26. The largest absolute Gasteiger partial charge is 0.356 e. The van der Waals surface area contributed by atoms with E-state index in [9.17, 15) is 4.79 Å². The minimum absolute atomic E-state index is 0.271. The molecule has 3 nitrogen and oxygen atoms in total. The third-order valence-electron chi connectivity index (χ3n) is 3.94. The van der Waals surface area contributed by atoms with Crippen molar-refractivity contribution < 1.29 is 4.79 Å². The summed E-state index contributed by atoms with van der Waals surface area (Å²) in [6, 6.07) is 0. The Morgan fingerprint density at radius 1 is 1.29 bits per heavy atom. The molecule has 0 bridgehead atoms. The van der Waals surface area contributed by atoms with Gasteiger partial charge < -0.3 is 11.1 Å². The van der Waals surface area contributed by atoms with Crippen molar-refractivity contribution in [1.82, 2.24) is 5.32 Å². The molecule has 0 heterocycles. The standard InChI is InChI=1S/C14H28N2O/c1-2-12(9-10-15)11-16-14(17)13-7-5-3-4-6-8-13/h12-13H,2-11,15H2,1H3,(H,16,17). The molecule has 1 saturated carbocycles. The van der Waals surface area contributed by atoms with Gasteiger partial charge in [-0.15, -0.1) is 0 Å². The maximum Gasteiger partial charge on any atom is 0.223 e. The summed E-state index contributed by atoms with van der Waals surface area (Å²) in [4.78, 5) is 12.0. The van der Waals surface area contributed by atoms with Gasteiger partial charge in [0.2, 0.25) is 5.91 Å². The van der Waals surface area contributed by atoms with Gasteiger partial charge in [-0.1, -0.05) is 39.0 Å². The summed E-state index contributed by atoms with van der Waals surface area (Å²) in [7, 11) is 0. The Morgan fingerprint density at radius 3 is 2.47 bits per heavy atom. The van der Waals surface area contributed by atoms with Crippen LogP contribution in [0.25, 0.3) is 0 Å². The Kier molecular flexibility index (Phi) is 7.25. The summed E-state index contributed by atoms with van der Waals surface area (Å²) < 4.78 is 0. The van der Waals surface area contributed by atoms with Gasteiger partial charge >= 0.3 is 0 Å². The zero-order valence-electron chi connectivity index (χ0n) is 11.2. The number of hydrogen-bond acceptors (Lipinski definition) is 2. The normalized spacial score (nSPS) is 19.6. The molecule has 0 radical (unpaired) electrons. The first kappa shape index (κ1) is 14.5. The Morgan fingerprint density at radius 2 is 1.94 bits per heavy atom. The summed E-state index contributed by atoms with van der Waals surface area (Å²) in [6.45, 7) is 3.69. The van der Waals surface area contributed by atoms with Crippen molar-refractivity contribution in [3.63, 3.8) is 0 Å². The Labute approximate surface area is 106 Å².